The predicted molar refractivity (Wildman–Crippen MR) is 127 cm³/mol. The number of rotatable bonds is 6. The SMILES string of the molecule is COCCOC(=O)C1=C(C)N=c2s/c(=C/c3ccc(Cl)c(Cl)c3)c(=O)n2[C@H]1c1cccs1. The van der Waals surface area contributed by atoms with E-state index < -0.39 is 12.0 Å². The molecule has 0 bridgehead atoms. The number of carbonyl (C=O) groups excluding carboxylic acids is 1. The van der Waals surface area contributed by atoms with Crippen molar-refractivity contribution in [1.82, 2.24) is 4.57 Å². The highest BCUT2D eigenvalue weighted by molar-refractivity contribution is 7.10. The molecule has 3 heterocycles. The summed E-state index contributed by atoms with van der Waals surface area (Å²) in [7, 11) is 1.53. The summed E-state index contributed by atoms with van der Waals surface area (Å²) >= 11 is 14.8. The van der Waals surface area contributed by atoms with Gasteiger partial charge in [-0.05, 0) is 42.1 Å². The second-order valence-electron chi connectivity index (χ2n) is 6.90. The largest absolute Gasteiger partial charge is 0.460 e. The summed E-state index contributed by atoms with van der Waals surface area (Å²) in [4.78, 5) is 32.3. The summed E-state index contributed by atoms with van der Waals surface area (Å²) in [5.74, 6) is -0.513. The molecule has 0 N–H and O–H groups in total. The van der Waals surface area contributed by atoms with Crippen molar-refractivity contribution in [3.63, 3.8) is 0 Å². The first kappa shape index (κ1) is 22.9. The molecule has 10 heteroatoms. The number of carbonyl (C=O) groups is 1. The third-order valence-corrected chi connectivity index (χ3v) is 7.46. The van der Waals surface area contributed by atoms with Gasteiger partial charge in [0.15, 0.2) is 4.80 Å². The van der Waals surface area contributed by atoms with Crippen LogP contribution in [0.15, 0.2) is 56.8 Å². The maximum atomic E-state index is 13.4. The van der Waals surface area contributed by atoms with Crippen LogP contribution in [0.1, 0.15) is 23.4 Å². The number of aromatic nitrogens is 1. The highest BCUT2D eigenvalue weighted by Gasteiger charge is 2.34. The van der Waals surface area contributed by atoms with Gasteiger partial charge in [-0.3, -0.25) is 9.36 Å². The molecule has 1 aromatic carbocycles. The zero-order chi connectivity index (χ0) is 22.8. The Bertz CT molecular complexity index is 1370. The minimum Gasteiger partial charge on any atom is -0.460 e. The van der Waals surface area contributed by atoms with Crippen molar-refractivity contribution in [1.29, 1.82) is 0 Å². The lowest BCUT2D eigenvalue weighted by Gasteiger charge is -2.23. The molecule has 1 aliphatic heterocycles. The zero-order valence-electron chi connectivity index (χ0n) is 17.1. The van der Waals surface area contributed by atoms with Gasteiger partial charge in [-0.25, -0.2) is 9.79 Å². The summed E-state index contributed by atoms with van der Waals surface area (Å²) in [5, 5.41) is 2.75. The van der Waals surface area contributed by atoms with E-state index in [9.17, 15) is 9.59 Å². The van der Waals surface area contributed by atoms with Gasteiger partial charge < -0.3 is 9.47 Å². The lowest BCUT2D eigenvalue weighted by molar-refractivity contribution is -0.140. The molecule has 4 rings (SSSR count). The van der Waals surface area contributed by atoms with Gasteiger partial charge in [0.2, 0.25) is 0 Å². The molecule has 3 aromatic rings. The fourth-order valence-corrected chi connectivity index (χ4v) is 5.52. The molecule has 0 unspecified atom stereocenters. The van der Waals surface area contributed by atoms with Crippen LogP contribution in [0.2, 0.25) is 10.0 Å². The van der Waals surface area contributed by atoms with Crippen LogP contribution in [-0.2, 0) is 14.3 Å². The topological polar surface area (TPSA) is 69.9 Å². The maximum absolute atomic E-state index is 13.4. The van der Waals surface area contributed by atoms with Crippen LogP contribution in [0.5, 0.6) is 0 Å². The van der Waals surface area contributed by atoms with E-state index in [2.05, 4.69) is 4.99 Å². The number of ether oxygens (including phenoxy) is 2. The summed E-state index contributed by atoms with van der Waals surface area (Å²) in [6.07, 6.45) is 1.74. The third kappa shape index (κ3) is 4.46. The first-order valence-electron chi connectivity index (χ1n) is 9.57. The van der Waals surface area contributed by atoms with Gasteiger partial charge in [0.25, 0.3) is 5.56 Å². The van der Waals surface area contributed by atoms with E-state index in [1.165, 1.54) is 29.8 Å². The highest BCUT2D eigenvalue weighted by atomic mass is 35.5. The van der Waals surface area contributed by atoms with Gasteiger partial charge in [0, 0.05) is 12.0 Å². The molecule has 1 aliphatic rings. The average molecular weight is 509 g/mol. The average Bonchev–Trinajstić information content (AvgIpc) is 3.39. The number of allylic oxidation sites excluding steroid dienone is 1. The van der Waals surface area contributed by atoms with Crippen molar-refractivity contribution in [2.24, 2.45) is 4.99 Å². The van der Waals surface area contributed by atoms with Gasteiger partial charge in [-0.15, -0.1) is 11.3 Å². The van der Waals surface area contributed by atoms with Crippen molar-refractivity contribution < 1.29 is 14.3 Å². The first-order chi connectivity index (χ1) is 15.4. The molecule has 6 nitrogen and oxygen atoms in total. The summed E-state index contributed by atoms with van der Waals surface area (Å²) in [6.45, 7) is 2.15. The fraction of sp³-hybridized carbons (Fsp3) is 0.227. The lowest BCUT2D eigenvalue weighted by Crippen LogP contribution is -2.39. The summed E-state index contributed by atoms with van der Waals surface area (Å²) in [6, 6.07) is 8.33. The molecular weight excluding hydrogens is 491 g/mol. The molecule has 0 spiro atoms. The van der Waals surface area contributed by atoms with Gasteiger partial charge in [-0.2, -0.15) is 0 Å². The molecule has 166 valence electrons. The fourth-order valence-electron chi connectivity index (χ4n) is 3.35. The van der Waals surface area contributed by atoms with Crippen LogP contribution in [0.4, 0.5) is 0 Å². The van der Waals surface area contributed by atoms with E-state index in [-0.39, 0.29) is 18.8 Å². The van der Waals surface area contributed by atoms with E-state index in [0.717, 1.165) is 10.4 Å². The Balaban J connectivity index is 1.85. The zero-order valence-corrected chi connectivity index (χ0v) is 20.3. The van der Waals surface area contributed by atoms with E-state index in [1.807, 2.05) is 17.5 Å². The Morgan fingerprint density at radius 3 is 2.75 bits per heavy atom. The quantitative estimate of drug-likeness (QED) is 0.375. The molecule has 0 saturated heterocycles. The van der Waals surface area contributed by atoms with Crippen molar-refractivity contribution in [3.8, 4) is 0 Å². The van der Waals surface area contributed by atoms with E-state index >= 15 is 0 Å². The number of methoxy groups -OCH3 is 1. The van der Waals surface area contributed by atoms with Gasteiger partial charge in [0.1, 0.15) is 12.6 Å². The van der Waals surface area contributed by atoms with E-state index in [1.54, 1.807) is 35.8 Å². The number of esters is 1. The van der Waals surface area contributed by atoms with Crippen LogP contribution in [-0.4, -0.2) is 30.9 Å². The number of nitrogens with zero attached hydrogens (tertiary/aromatic N) is 2. The monoisotopic (exact) mass is 508 g/mol. The molecule has 0 saturated carbocycles. The van der Waals surface area contributed by atoms with E-state index in [4.69, 9.17) is 32.7 Å². The first-order valence-corrected chi connectivity index (χ1v) is 12.0. The number of halogens is 2. The van der Waals surface area contributed by atoms with Gasteiger partial charge in [-0.1, -0.05) is 46.7 Å². The van der Waals surface area contributed by atoms with Gasteiger partial charge in [0.05, 0.1) is 32.5 Å². The van der Waals surface area contributed by atoms with Crippen LogP contribution >= 0.6 is 45.9 Å². The smallest absolute Gasteiger partial charge is 0.338 e. The van der Waals surface area contributed by atoms with Crippen molar-refractivity contribution in [2.45, 2.75) is 13.0 Å². The normalized spacial score (nSPS) is 16.1. The minimum absolute atomic E-state index is 0.116. The number of benzene rings is 1. The number of hydrogen-bond donors (Lipinski definition) is 0. The Morgan fingerprint density at radius 2 is 2.06 bits per heavy atom. The van der Waals surface area contributed by atoms with Crippen LogP contribution < -0.4 is 14.9 Å². The van der Waals surface area contributed by atoms with Gasteiger partial charge >= 0.3 is 5.97 Å². The molecule has 32 heavy (non-hydrogen) atoms. The summed E-state index contributed by atoms with van der Waals surface area (Å²) in [5.41, 5.74) is 1.37. The summed E-state index contributed by atoms with van der Waals surface area (Å²) < 4.78 is 12.4. The van der Waals surface area contributed by atoms with Crippen molar-refractivity contribution >= 4 is 57.9 Å². The second kappa shape index (κ2) is 9.72. The van der Waals surface area contributed by atoms with Crippen LogP contribution in [0.3, 0.4) is 0 Å². The second-order valence-corrected chi connectivity index (χ2v) is 9.70. The Hall–Kier alpha value is -2.23. The molecule has 1 atom stereocenters. The lowest BCUT2D eigenvalue weighted by atomic mass is 10.0. The highest BCUT2D eigenvalue weighted by Crippen LogP contribution is 2.33. The molecule has 0 amide bonds. The molecule has 0 aliphatic carbocycles. The Morgan fingerprint density at radius 1 is 1.25 bits per heavy atom. The maximum Gasteiger partial charge on any atom is 0.338 e. The number of hydrogen-bond acceptors (Lipinski definition) is 7. The molecular formula is C22H18Cl2N2O4S2. The molecule has 2 aromatic heterocycles. The Labute approximate surface area is 201 Å². The number of thiazole rings is 1. The molecule has 0 fully saturated rings. The van der Waals surface area contributed by atoms with E-state index in [0.29, 0.717) is 30.6 Å². The van der Waals surface area contributed by atoms with Crippen molar-refractivity contribution in [3.05, 3.63) is 87.2 Å². The standard InChI is InChI=1S/C22H18Cl2N2O4S2/c1-12-18(21(28)30-8-7-29-2)19(16-4-3-9-31-16)26-20(27)17(32-22(26)25-12)11-13-5-6-14(23)15(24)10-13/h3-6,9-11,19H,7-8H2,1-2H3/b17-11+/t19-/m0/s1. The molecule has 0 radical (unpaired) electrons. The van der Waals surface area contributed by atoms with Crippen molar-refractivity contribution in [2.75, 3.05) is 20.3 Å². The van der Waals surface area contributed by atoms with Crippen LogP contribution in [0, 0.1) is 0 Å². The Kier molecular flexibility index (Phi) is 6.97. The third-order valence-electron chi connectivity index (χ3n) is 4.82. The predicted octanol–water partition coefficient (Wildman–Crippen LogP) is 3.79. The number of fused-ring (bicyclic) bond motifs is 1. The minimum atomic E-state index is -0.614. The van der Waals surface area contributed by atoms with Crippen LogP contribution in [0.25, 0.3) is 6.08 Å². The number of thiophene rings is 1.